The molecule has 4 rings (SSSR count). The fourth-order valence-corrected chi connectivity index (χ4v) is 3.28. The summed E-state index contributed by atoms with van der Waals surface area (Å²) in [6.45, 7) is 2.54. The van der Waals surface area contributed by atoms with E-state index in [1.54, 1.807) is 23.0 Å². The maximum Gasteiger partial charge on any atom is 0.212 e. The molecule has 0 saturated heterocycles. The van der Waals surface area contributed by atoms with Gasteiger partial charge in [0.25, 0.3) is 0 Å². The highest BCUT2D eigenvalue weighted by Gasteiger charge is 2.08. The summed E-state index contributed by atoms with van der Waals surface area (Å²) in [6.07, 6.45) is 1.92. The second-order valence-corrected chi connectivity index (χ2v) is 6.60. The number of hydrogen-bond donors (Lipinski definition) is 1. The Balaban J connectivity index is 1.47. The molecule has 0 radical (unpaired) electrons. The van der Waals surface area contributed by atoms with Gasteiger partial charge >= 0.3 is 0 Å². The Hall–Kier alpha value is -3.00. The average Bonchev–Trinajstić information content (AvgIpc) is 3.17. The maximum atomic E-state index is 5.37. The largest absolute Gasteiger partial charge is 0.496 e. The minimum atomic E-state index is 0.567. The molecule has 25 heavy (non-hydrogen) atoms. The molecule has 1 N–H and O–H groups in total. The van der Waals surface area contributed by atoms with E-state index < -0.39 is 0 Å². The molecule has 0 saturated carbocycles. The molecule has 0 fully saturated rings. The number of nitrogens with one attached hydrogen (secondary N) is 1. The van der Waals surface area contributed by atoms with Gasteiger partial charge in [0.15, 0.2) is 0 Å². The lowest BCUT2D eigenvalue weighted by atomic mass is 10.1. The van der Waals surface area contributed by atoms with Gasteiger partial charge in [-0.1, -0.05) is 23.5 Å². The molecule has 3 heterocycles. The molecule has 0 atom stereocenters. The third-order valence-electron chi connectivity index (χ3n) is 3.69. The normalized spacial score (nSPS) is 11.0. The molecule has 7 nitrogen and oxygen atoms in total. The number of nitrogens with zero attached hydrogens (tertiary/aromatic N) is 5. The maximum absolute atomic E-state index is 5.37. The molecule has 0 amide bonds. The van der Waals surface area contributed by atoms with E-state index in [-0.39, 0.29) is 0 Å². The van der Waals surface area contributed by atoms with Crippen molar-refractivity contribution in [1.82, 2.24) is 24.8 Å². The van der Waals surface area contributed by atoms with E-state index in [9.17, 15) is 0 Å². The van der Waals surface area contributed by atoms with Crippen LogP contribution < -0.4 is 10.1 Å². The highest BCUT2D eigenvalue weighted by molar-refractivity contribution is 7.16. The first kappa shape index (κ1) is 15.5. The van der Waals surface area contributed by atoms with Gasteiger partial charge < -0.3 is 10.1 Å². The van der Waals surface area contributed by atoms with Gasteiger partial charge in [0.2, 0.25) is 4.96 Å². The van der Waals surface area contributed by atoms with Crippen LogP contribution in [0.2, 0.25) is 0 Å². The van der Waals surface area contributed by atoms with E-state index in [1.807, 2.05) is 49.5 Å². The summed E-state index contributed by atoms with van der Waals surface area (Å²) >= 11 is 1.57. The van der Waals surface area contributed by atoms with Gasteiger partial charge in [-0.2, -0.15) is 5.10 Å². The topological polar surface area (TPSA) is 77.2 Å². The van der Waals surface area contributed by atoms with Gasteiger partial charge in [-0.15, -0.1) is 10.2 Å². The summed E-state index contributed by atoms with van der Waals surface area (Å²) in [7, 11) is 1.65. The number of anilines is 1. The van der Waals surface area contributed by atoms with Crippen LogP contribution in [0.4, 0.5) is 5.82 Å². The minimum Gasteiger partial charge on any atom is -0.496 e. The molecule has 3 aromatic heterocycles. The Labute approximate surface area is 148 Å². The fourth-order valence-electron chi connectivity index (χ4n) is 2.54. The number of imidazole rings is 1. The summed E-state index contributed by atoms with van der Waals surface area (Å²) in [6, 6.07) is 11.6. The standard InChI is InChI=1S/C17H16N6OS/c1-11-22-23-10-12(19-17(23)25-11)9-18-16-8-7-14(20-21-16)13-5-3-4-6-15(13)24-2/h3-8,10H,9H2,1-2H3,(H,18,21). The van der Waals surface area contributed by atoms with Crippen molar-refractivity contribution in [1.29, 1.82) is 0 Å². The van der Waals surface area contributed by atoms with E-state index in [4.69, 9.17) is 4.74 Å². The van der Waals surface area contributed by atoms with Crippen molar-refractivity contribution in [3.05, 3.63) is 53.3 Å². The van der Waals surface area contributed by atoms with Gasteiger partial charge in [-0.25, -0.2) is 9.50 Å². The molecule has 0 bridgehead atoms. The monoisotopic (exact) mass is 352 g/mol. The Morgan fingerprint density at radius 2 is 2.04 bits per heavy atom. The molecular weight excluding hydrogens is 336 g/mol. The number of para-hydroxylation sites is 1. The highest BCUT2D eigenvalue weighted by atomic mass is 32.1. The van der Waals surface area contributed by atoms with Crippen molar-refractivity contribution in [2.75, 3.05) is 12.4 Å². The molecule has 0 aliphatic rings. The van der Waals surface area contributed by atoms with E-state index in [0.29, 0.717) is 12.4 Å². The number of hydrogen-bond acceptors (Lipinski definition) is 7. The molecule has 0 spiro atoms. The van der Waals surface area contributed by atoms with Crippen LogP contribution >= 0.6 is 11.3 Å². The van der Waals surface area contributed by atoms with Crippen LogP contribution in [-0.2, 0) is 6.54 Å². The van der Waals surface area contributed by atoms with Crippen molar-refractivity contribution in [3.8, 4) is 17.0 Å². The van der Waals surface area contributed by atoms with Gasteiger partial charge in [0.1, 0.15) is 16.6 Å². The van der Waals surface area contributed by atoms with Crippen LogP contribution in [0.15, 0.2) is 42.6 Å². The zero-order valence-electron chi connectivity index (χ0n) is 13.8. The average molecular weight is 352 g/mol. The second-order valence-electron chi connectivity index (χ2n) is 5.44. The first-order chi connectivity index (χ1) is 12.2. The Bertz CT molecular complexity index is 976. The summed E-state index contributed by atoms with van der Waals surface area (Å²) in [5.41, 5.74) is 2.60. The molecule has 0 aliphatic heterocycles. The summed E-state index contributed by atoms with van der Waals surface area (Å²) in [4.78, 5) is 5.42. The Morgan fingerprint density at radius 1 is 1.16 bits per heavy atom. The number of benzene rings is 1. The van der Waals surface area contributed by atoms with Crippen molar-refractivity contribution in [3.63, 3.8) is 0 Å². The summed E-state index contributed by atoms with van der Waals surface area (Å²) < 4.78 is 7.17. The third kappa shape index (κ3) is 3.16. The molecule has 126 valence electrons. The number of aromatic nitrogens is 5. The second kappa shape index (κ2) is 6.48. The first-order valence-corrected chi connectivity index (χ1v) is 8.57. The molecule has 8 heteroatoms. The predicted octanol–water partition coefficient (Wildman–Crippen LogP) is 3.18. The van der Waals surface area contributed by atoms with Crippen molar-refractivity contribution in [2.24, 2.45) is 0 Å². The summed E-state index contributed by atoms with van der Waals surface area (Å²) in [5, 5.41) is 17.1. The van der Waals surface area contributed by atoms with Gasteiger partial charge in [-0.3, -0.25) is 0 Å². The Kier molecular flexibility index (Phi) is 4.02. The SMILES string of the molecule is COc1ccccc1-c1ccc(NCc2cn3nc(C)sc3n2)nn1. The fraction of sp³-hybridized carbons (Fsp3) is 0.176. The van der Waals surface area contributed by atoms with Gasteiger partial charge in [-0.05, 0) is 31.2 Å². The third-order valence-corrected chi connectivity index (χ3v) is 4.53. The van der Waals surface area contributed by atoms with Gasteiger partial charge in [0.05, 0.1) is 31.2 Å². The number of rotatable bonds is 5. The lowest BCUT2D eigenvalue weighted by Gasteiger charge is -2.08. The van der Waals surface area contributed by atoms with E-state index in [1.165, 1.54) is 0 Å². The van der Waals surface area contributed by atoms with E-state index in [2.05, 4.69) is 25.6 Å². The smallest absolute Gasteiger partial charge is 0.212 e. The first-order valence-electron chi connectivity index (χ1n) is 7.75. The molecule has 1 aromatic carbocycles. The molecular formula is C17H16N6OS. The van der Waals surface area contributed by atoms with Crippen molar-refractivity contribution in [2.45, 2.75) is 13.5 Å². The van der Waals surface area contributed by atoms with E-state index in [0.717, 1.165) is 32.7 Å². The van der Waals surface area contributed by atoms with Crippen molar-refractivity contribution >= 4 is 22.1 Å². The molecule has 0 unspecified atom stereocenters. The zero-order chi connectivity index (χ0) is 17.2. The van der Waals surface area contributed by atoms with E-state index >= 15 is 0 Å². The number of methoxy groups -OCH3 is 1. The minimum absolute atomic E-state index is 0.567. The predicted molar refractivity (Wildman–Crippen MR) is 96.9 cm³/mol. The lowest BCUT2D eigenvalue weighted by Crippen LogP contribution is -2.03. The van der Waals surface area contributed by atoms with Crippen LogP contribution in [0.5, 0.6) is 5.75 Å². The quantitative estimate of drug-likeness (QED) is 0.594. The number of ether oxygens (including phenoxy) is 1. The van der Waals surface area contributed by atoms with Crippen molar-refractivity contribution < 1.29 is 4.74 Å². The Morgan fingerprint density at radius 3 is 2.80 bits per heavy atom. The molecule has 4 aromatic rings. The van der Waals surface area contributed by atoms with Crippen LogP contribution in [-0.4, -0.2) is 31.9 Å². The highest BCUT2D eigenvalue weighted by Crippen LogP contribution is 2.27. The van der Waals surface area contributed by atoms with Gasteiger partial charge in [0, 0.05) is 5.56 Å². The lowest BCUT2D eigenvalue weighted by molar-refractivity contribution is 0.416. The van der Waals surface area contributed by atoms with Crippen LogP contribution in [0, 0.1) is 6.92 Å². The van der Waals surface area contributed by atoms with Crippen LogP contribution in [0.3, 0.4) is 0 Å². The number of aryl methyl sites for hydroxylation is 1. The molecule has 0 aliphatic carbocycles. The summed E-state index contributed by atoms with van der Waals surface area (Å²) in [5.74, 6) is 1.47. The zero-order valence-corrected chi connectivity index (χ0v) is 14.6. The van der Waals surface area contributed by atoms with Crippen LogP contribution in [0.25, 0.3) is 16.2 Å². The van der Waals surface area contributed by atoms with Crippen LogP contribution in [0.1, 0.15) is 10.7 Å². The number of fused-ring (bicyclic) bond motifs is 1.